The molecule has 1 heterocycles. The standard InChI is InChI=1S/C17H25N3O3/c1-19(2)9-13-8-14(12-21)11-20(10-13)17(23)16(22)18-15-6-4-3-5-7-15/h3-7,13-14,21H,8-12H2,1-2H3,(H,18,22)/t13-,14-/m1/s1. The number of aliphatic hydroxyl groups excluding tert-OH is 1. The van der Waals surface area contributed by atoms with Gasteiger partial charge in [0, 0.05) is 37.8 Å². The lowest BCUT2D eigenvalue weighted by molar-refractivity contribution is -0.145. The van der Waals surface area contributed by atoms with Crippen LogP contribution >= 0.6 is 0 Å². The SMILES string of the molecule is CN(C)C[C@H]1C[C@@H](CO)CN(C(=O)C(=O)Nc2ccccc2)C1. The van der Waals surface area contributed by atoms with E-state index in [2.05, 4.69) is 10.2 Å². The van der Waals surface area contributed by atoms with Crippen molar-refractivity contribution in [2.24, 2.45) is 11.8 Å². The van der Waals surface area contributed by atoms with Crippen molar-refractivity contribution >= 4 is 17.5 Å². The molecule has 0 aliphatic carbocycles. The van der Waals surface area contributed by atoms with Gasteiger partial charge >= 0.3 is 11.8 Å². The van der Waals surface area contributed by atoms with E-state index in [-0.39, 0.29) is 18.4 Å². The molecule has 23 heavy (non-hydrogen) atoms. The highest BCUT2D eigenvalue weighted by molar-refractivity contribution is 6.39. The van der Waals surface area contributed by atoms with E-state index in [4.69, 9.17) is 0 Å². The van der Waals surface area contributed by atoms with E-state index in [0.717, 1.165) is 13.0 Å². The molecule has 0 unspecified atom stereocenters. The van der Waals surface area contributed by atoms with Crippen molar-refractivity contribution in [3.8, 4) is 0 Å². The first-order valence-electron chi connectivity index (χ1n) is 7.90. The summed E-state index contributed by atoms with van der Waals surface area (Å²) in [6.07, 6.45) is 0.874. The van der Waals surface area contributed by atoms with Crippen molar-refractivity contribution in [1.82, 2.24) is 9.80 Å². The molecule has 2 N–H and O–H groups in total. The summed E-state index contributed by atoms with van der Waals surface area (Å²) < 4.78 is 0. The summed E-state index contributed by atoms with van der Waals surface area (Å²) in [7, 11) is 3.97. The number of hydrogen-bond acceptors (Lipinski definition) is 4. The molecule has 1 aromatic rings. The minimum absolute atomic E-state index is 0.0298. The van der Waals surface area contributed by atoms with Gasteiger partial charge in [-0.3, -0.25) is 9.59 Å². The van der Waals surface area contributed by atoms with Gasteiger partial charge in [0.2, 0.25) is 0 Å². The number of nitrogens with zero attached hydrogens (tertiary/aromatic N) is 2. The quantitative estimate of drug-likeness (QED) is 0.799. The van der Waals surface area contributed by atoms with Crippen LogP contribution in [0.1, 0.15) is 6.42 Å². The Hall–Kier alpha value is -1.92. The topological polar surface area (TPSA) is 72.9 Å². The Bertz CT molecular complexity index is 533. The summed E-state index contributed by atoms with van der Waals surface area (Å²) in [6, 6.07) is 8.94. The van der Waals surface area contributed by atoms with Gasteiger partial charge in [-0.15, -0.1) is 0 Å². The molecule has 0 bridgehead atoms. The predicted molar refractivity (Wildman–Crippen MR) is 88.9 cm³/mol. The van der Waals surface area contributed by atoms with Crippen LogP contribution in [0.5, 0.6) is 0 Å². The molecule has 1 aromatic carbocycles. The van der Waals surface area contributed by atoms with E-state index in [1.54, 1.807) is 29.2 Å². The van der Waals surface area contributed by atoms with Gasteiger partial charge in [0.25, 0.3) is 0 Å². The van der Waals surface area contributed by atoms with Crippen LogP contribution in [0.4, 0.5) is 5.69 Å². The lowest BCUT2D eigenvalue weighted by atomic mass is 9.89. The number of hydrogen-bond donors (Lipinski definition) is 2. The summed E-state index contributed by atoms with van der Waals surface area (Å²) in [5, 5.41) is 12.1. The minimum Gasteiger partial charge on any atom is -0.396 e. The fourth-order valence-corrected chi connectivity index (χ4v) is 3.11. The third-order valence-corrected chi connectivity index (χ3v) is 4.02. The van der Waals surface area contributed by atoms with Gasteiger partial charge in [0.1, 0.15) is 0 Å². The molecular formula is C17H25N3O3. The summed E-state index contributed by atoms with van der Waals surface area (Å²) >= 11 is 0. The highest BCUT2D eigenvalue weighted by Crippen LogP contribution is 2.22. The van der Waals surface area contributed by atoms with Gasteiger partial charge in [-0.05, 0) is 38.6 Å². The van der Waals surface area contributed by atoms with Crippen molar-refractivity contribution in [3.05, 3.63) is 30.3 Å². The van der Waals surface area contributed by atoms with Crippen molar-refractivity contribution in [1.29, 1.82) is 0 Å². The molecule has 1 aliphatic rings. The zero-order valence-corrected chi connectivity index (χ0v) is 13.7. The molecule has 2 atom stereocenters. The maximum Gasteiger partial charge on any atom is 0.313 e. The van der Waals surface area contributed by atoms with E-state index >= 15 is 0 Å². The first-order valence-corrected chi connectivity index (χ1v) is 7.90. The summed E-state index contributed by atoms with van der Waals surface area (Å²) in [4.78, 5) is 28.2. The molecule has 0 aromatic heterocycles. The third kappa shape index (κ3) is 5.04. The number of anilines is 1. The molecular weight excluding hydrogens is 294 g/mol. The van der Waals surface area contributed by atoms with Crippen molar-refractivity contribution in [2.75, 3.05) is 45.7 Å². The molecule has 0 radical (unpaired) electrons. The fourth-order valence-electron chi connectivity index (χ4n) is 3.11. The van der Waals surface area contributed by atoms with Crippen LogP contribution in [-0.2, 0) is 9.59 Å². The Labute approximate surface area is 137 Å². The molecule has 6 nitrogen and oxygen atoms in total. The van der Waals surface area contributed by atoms with Crippen molar-refractivity contribution in [3.63, 3.8) is 0 Å². The van der Waals surface area contributed by atoms with E-state index < -0.39 is 11.8 Å². The molecule has 1 saturated heterocycles. The molecule has 126 valence electrons. The number of amides is 2. The Kier molecular flexibility index (Phi) is 6.12. The number of para-hydroxylation sites is 1. The molecule has 0 spiro atoms. The van der Waals surface area contributed by atoms with Gasteiger partial charge < -0.3 is 20.2 Å². The van der Waals surface area contributed by atoms with Gasteiger partial charge in [-0.2, -0.15) is 0 Å². The Morgan fingerprint density at radius 3 is 2.48 bits per heavy atom. The number of rotatable bonds is 4. The number of carbonyl (C=O) groups excluding carboxylic acids is 2. The highest BCUT2D eigenvalue weighted by Gasteiger charge is 2.32. The maximum absolute atomic E-state index is 12.4. The molecule has 6 heteroatoms. The highest BCUT2D eigenvalue weighted by atomic mass is 16.3. The molecule has 2 amide bonds. The van der Waals surface area contributed by atoms with Crippen LogP contribution < -0.4 is 5.32 Å². The van der Waals surface area contributed by atoms with Gasteiger partial charge in [0.05, 0.1) is 0 Å². The van der Waals surface area contributed by atoms with E-state index in [9.17, 15) is 14.7 Å². The maximum atomic E-state index is 12.4. The van der Waals surface area contributed by atoms with Gasteiger partial charge in [-0.25, -0.2) is 0 Å². The van der Waals surface area contributed by atoms with E-state index in [1.165, 1.54) is 0 Å². The zero-order valence-electron chi connectivity index (χ0n) is 13.7. The van der Waals surface area contributed by atoms with Crippen LogP contribution in [0.3, 0.4) is 0 Å². The molecule has 0 saturated carbocycles. The molecule has 1 fully saturated rings. The lowest BCUT2D eigenvalue weighted by Gasteiger charge is -2.37. The van der Waals surface area contributed by atoms with Gasteiger partial charge in [-0.1, -0.05) is 18.2 Å². The molecule has 1 aliphatic heterocycles. The summed E-state index contributed by atoms with van der Waals surface area (Å²) in [5.74, 6) is -0.860. The van der Waals surface area contributed by atoms with Crippen LogP contribution in [-0.4, -0.2) is 67.1 Å². The smallest absolute Gasteiger partial charge is 0.313 e. The largest absolute Gasteiger partial charge is 0.396 e. The summed E-state index contributed by atoms with van der Waals surface area (Å²) in [6.45, 7) is 1.85. The number of likely N-dealkylation sites (tertiary alicyclic amines) is 1. The predicted octanol–water partition coefficient (Wildman–Crippen LogP) is 0.644. The monoisotopic (exact) mass is 319 g/mol. The van der Waals surface area contributed by atoms with Crippen LogP contribution in [0.2, 0.25) is 0 Å². The Morgan fingerprint density at radius 2 is 1.87 bits per heavy atom. The number of nitrogens with one attached hydrogen (secondary N) is 1. The average Bonchev–Trinajstić information content (AvgIpc) is 2.54. The van der Waals surface area contributed by atoms with Crippen LogP contribution in [0, 0.1) is 11.8 Å². The third-order valence-electron chi connectivity index (χ3n) is 4.02. The van der Waals surface area contributed by atoms with Crippen molar-refractivity contribution in [2.45, 2.75) is 6.42 Å². The van der Waals surface area contributed by atoms with E-state index in [1.807, 2.05) is 20.2 Å². The Balaban J connectivity index is 2.00. The normalized spacial score (nSPS) is 21.3. The lowest BCUT2D eigenvalue weighted by Crippen LogP contribution is -2.50. The fraction of sp³-hybridized carbons (Fsp3) is 0.529. The van der Waals surface area contributed by atoms with Crippen LogP contribution in [0.15, 0.2) is 30.3 Å². The van der Waals surface area contributed by atoms with Crippen LogP contribution in [0.25, 0.3) is 0 Å². The van der Waals surface area contributed by atoms with Crippen molar-refractivity contribution < 1.29 is 14.7 Å². The number of piperidine rings is 1. The van der Waals surface area contributed by atoms with E-state index in [0.29, 0.717) is 18.8 Å². The first-order chi connectivity index (χ1) is 11.0. The number of carbonyl (C=O) groups is 2. The zero-order chi connectivity index (χ0) is 16.8. The second-order valence-electron chi connectivity index (χ2n) is 6.44. The number of benzene rings is 1. The molecule has 2 rings (SSSR count). The number of aliphatic hydroxyl groups is 1. The second kappa shape index (κ2) is 8.08. The average molecular weight is 319 g/mol. The minimum atomic E-state index is -0.626. The Morgan fingerprint density at radius 1 is 1.22 bits per heavy atom. The summed E-state index contributed by atoms with van der Waals surface area (Å²) in [5.41, 5.74) is 0.603. The second-order valence-corrected chi connectivity index (χ2v) is 6.44. The first kappa shape index (κ1) is 17.4. The van der Waals surface area contributed by atoms with Gasteiger partial charge in [0.15, 0.2) is 0 Å².